The Kier molecular flexibility index (Phi) is 4.31. The maximum absolute atomic E-state index is 13.0. The van der Waals surface area contributed by atoms with Gasteiger partial charge in [-0.05, 0) is 20.8 Å². The van der Waals surface area contributed by atoms with Crippen LogP contribution in [0, 0.1) is 5.92 Å². The van der Waals surface area contributed by atoms with Crippen LogP contribution in [0.4, 0.5) is 8.78 Å². The Balaban J connectivity index is 4.03. The maximum Gasteiger partial charge on any atom is 0.124 e. The maximum atomic E-state index is 13.0. The van der Waals surface area contributed by atoms with Gasteiger partial charge in [-0.25, -0.2) is 8.78 Å². The number of alkyl halides is 2. The van der Waals surface area contributed by atoms with Gasteiger partial charge in [0.05, 0.1) is 0 Å². The summed E-state index contributed by atoms with van der Waals surface area (Å²) in [6.45, 7) is 6.58. The summed E-state index contributed by atoms with van der Waals surface area (Å²) in [6, 6.07) is 0. The van der Waals surface area contributed by atoms with Crippen LogP contribution in [0.25, 0.3) is 0 Å². The average molecular weight is 162 g/mol. The van der Waals surface area contributed by atoms with Gasteiger partial charge in [0.2, 0.25) is 0 Å². The SMILES string of the molecule is CC(C)=CC(F)C(C)C(C)F. The van der Waals surface area contributed by atoms with Crippen LogP contribution in [0.2, 0.25) is 0 Å². The summed E-state index contributed by atoms with van der Waals surface area (Å²) in [4.78, 5) is 0. The molecule has 0 aromatic carbocycles. The van der Waals surface area contributed by atoms with Crippen LogP contribution in [0.1, 0.15) is 27.7 Å². The summed E-state index contributed by atoms with van der Waals surface area (Å²) in [5.41, 5.74) is 0.894. The van der Waals surface area contributed by atoms with Crippen LogP contribution >= 0.6 is 0 Å². The van der Waals surface area contributed by atoms with Crippen LogP contribution < -0.4 is 0 Å². The molecule has 0 aromatic heterocycles. The van der Waals surface area contributed by atoms with Gasteiger partial charge in [-0.15, -0.1) is 0 Å². The van der Waals surface area contributed by atoms with Crippen LogP contribution in [0.3, 0.4) is 0 Å². The third-order valence-corrected chi connectivity index (χ3v) is 1.72. The van der Waals surface area contributed by atoms with Gasteiger partial charge in [0.1, 0.15) is 12.3 Å². The Morgan fingerprint density at radius 1 is 1.18 bits per heavy atom. The molecule has 0 aromatic rings. The first kappa shape index (κ1) is 10.6. The molecule has 0 heterocycles. The lowest BCUT2D eigenvalue weighted by Gasteiger charge is -2.14. The average Bonchev–Trinajstić information content (AvgIpc) is 1.84. The zero-order valence-corrected chi connectivity index (χ0v) is 7.57. The first-order valence-corrected chi connectivity index (χ1v) is 3.88. The van der Waals surface area contributed by atoms with Gasteiger partial charge in [-0.3, -0.25) is 0 Å². The van der Waals surface area contributed by atoms with E-state index in [0.717, 1.165) is 5.57 Å². The highest BCUT2D eigenvalue weighted by Gasteiger charge is 2.19. The molecule has 0 N–H and O–H groups in total. The molecule has 0 bridgehead atoms. The zero-order chi connectivity index (χ0) is 9.02. The summed E-state index contributed by atoms with van der Waals surface area (Å²) in [5.74, 6) is -0.537. The van der Waals surface area contributed by atoms with Gasteiger partial charge < -0.3 is 0 Å². The Labute approximate surface area is 67.3 Å². The fourth-order valence-corrected chi connectivity index (χ4v) is 0.724. The van der Waals surface area contributed by atoms with Crippen LogP contribution in [-0.4, -0.2) is 12.3 Å². The van der Waals surface area contributed by atoms with Gasteiger partial charge in [-0.2, -0.15) is 0 Å². The molecule has 0 nitrogen and oxygen atoms in total. The largest absolute Gasteiger partial charge is 0.247 e. The van der Waals surface area contributed by atoms with E-state index in [4.69, 9.17) is 0 Å². The summed E-state index contributed by atoms with van der Waals surface area (Å²) >= 11 is 0. The minimum atomic E-state index is -1.15. The number of rotatable bonds is 3. The highest BCUT2D eigenvalue weighted by Crippen LogP contribution is 2.16. The molecule has 0 saturated carbocycles. The Morgan fingerprint density at radius 2 is 1.64 bits per heavy atom. The van der Waals surface area contributed by atoms with Crippen molar-refractivity contribution in [3.8, 4) is 0 Å². The summed E-state index contributed by atoms with van der Waals surface area (Å²) in [5, 5.41) is 0. The topological polar surface area (TPSA) is 0 Å². The van der Waals surface area contributed by atoms with Crippen molar-refractivity contribution in [1.82, 2.24) is 0 Å². The predicted molar refractivity (Wildman–Crippen MR) is 44.1 cm³/mol. The van der Waals surface area contributed by atoms with E-state index < -0.39 is 18.3 Å². The second kappa shape index (κ2) is 4.47. The van der Waals surface area contributed by atoms with Crippen molar-refractivity contribution < 1.29 is 8.78 Å². The molecule has 11 heavy (non-hydrogen) atoms. The van der Waals surface area contributed by atoms with E-state index in [1.807, 2.05) is 13.8 Å². The normalized spacial score (nSPS) is 18.7. The first-order chi connectivity index (χ1) is 4.95. The van der Waals surface area contributed by atoms with E-state index in [9.17, 15) is 8.78 Å². The van der Waals surface area contributed by atoms with Crippen molar-refractivity contribution in [1.29, 1.82) is 0 Å². The molecule has 0 radical (unpaired) electrons. The highest BCUT2D eigenvalue weighted by atomic mass is 19.1. The Hall–Kier alpha value is -0.400. The van der Waals surface area contributed by atoms with E-state index in [-0.39, 0.29) is 0 Å². The van der Waals surface area contributed by atoms with Gasteiger partial charge in [0.15, 0.2) is 0 Å². The van der Waals surface area contributed by atoms with Crippen molar-refractivity contribution in [3.63, 3.8) is 0 Å². The molecule has 0 saturated heterocycles. The first-order valence-electron chi connectivity index (χ1n) is 3.88. The molecule has 3 atom stereocenters. The van der Waals surface area contributed by atoms with Crippen molar-refractivity contribution in [2.24, 2.45) is 5.92 Å². The number of hydrogen-bond acceptors (Lipinski definition) is 0. The van der Waals surface area contributed by atoms with E-state index in [1.165, 1.54) is 13.0 Å². The zero-order valence-electron chi connectivity index (χ0n) is 7.57. The van der Waals surface area contributed by atoms with Gasteiger partial charge in [0, 0.05) is 5.92 Å². The van der Waals surface area contributed by atoms with Crippen molar-refractivity contribution >= 4 is 0 Å². The monoisotopic (exact) mass is 162 g/mol. The van der Waals surface area contributed by atoms with Crippen LogP contribution in [0.5, 0.6) is 0 Å². The lowest BCUT2D eigenvalue weighted by molar-refractivity contribution is 0.181. The molecule has 0 amide bonds. The van der Waals surface area contributed by atoms with E-state index >= 15 is 0 Å². The molecular weight excluding hydrogens is 146 g/mol. The molecule has 0 aliphatic carbocycles. The Bertz CT molecular complexity index is 134. The van der Waals surface area contributed by atoms with Crippen LogP contribution in [-0.2, 0) is 0 Å². The third kappa shape index (κ3) is 4.12. The molecular formula is C9H16F2. The number of hydrogen-bond donors (Lipinski definition) is 0. The Morgan fingerprint density at radius 3 is 1.91 bits per heavy atom. The molecule has 0 aliphatic heterocycles. The fourth-order valence-electron chi connectivity index (χ4n) is 0.724. The second-order valence-corrected chi connectivity index (χ2v) is 3.23. The third-order valence-electron chi connectivity index (χ3n) is 1.72. The van der Waals surface area contributed by atoms with Gasteiger partial charge in [-0.1, -0.05) is 18.6 Å². The van der Waals surface area contributed by atoms with Gasteiger partial charge >= 0.3 is 0 Å². The van der Waals surface area contributed by atoms with Crippen molar-refractivity contribution in [2.45, 2.75) is 40.0 Å². The fraction of sp³-hybridized carbons (Fsp3) is 0.778. The molecule has 0 aliphatic rings. The van der Waals surface area contributed by atoms with Crippen molar-refractivity contribution in [3.05, 3.63) is 11.6 Å². The smallest absolute Gasteiger partial charge is 0.124 e. The quantitative estimate of drug-likeness (QED) is 0.558. The van der Waals surface area contributed by atoms with E-state index in [0.29, 0.717) is 0 Å². The highest BCUT2D eigenvalue weighted by molar-refractivity contribution is 5.00. The molecule has 3 unspecified atom stereocenters. The minimum Gasteiger partial charge on any atom is -0.247 e. The lowest BCUT2D eigenvalue weighted by atomic mass is 10.00. The summed E-state index contributed by atoms with van der Waals surface area (Å²) in [6.07, 6.45) is -0.776. The molecule has 0 fully saturated rings. The van der Waals surface area contributed by atoms with Crippen LogP contribution in [0.15, 0.2) is 11.6 Å². The second-order valence-electron chi connectivity index (χ2n) is 3.23. The minimum absolute atomic E-state index is 0.537. The van der Waals surface area contributed by atoms with E-state index in [1.54, 1.807) is 6.92 Å². The predicted octanol–water partition coefficient (Wildman–Crippen LogP) is 3.28. The van der Waals surface area contributed by atoms with E-state index in [2.05, 4.69) is 0 Å². The number of halogens is 2. The lowest BCUT2D eigenvalue weighted by Crippen LogP contribution is -2.19. The molecule has 66 valence electrons. The summed E-state index contributed by atoms with van der Waals surface area (Å²) in [7, 11) is 0. The number of allylic oxidation sites excluding steroid dienone is 2. The molecule has 2 heteroatoms. The standard InChI is InChI=1S/C9H16F2/c1-6(2)5-9(11)7(3)8(4)10/h5,7-9H,1-4H3. The van der Waals surface area contributed by atoms with Crippen molar-refractivity contribution in [2.75, 3.05) is 0 Å². The summed E-state index contributed by atoms with van der Waals surface area (Å²) < 4.78 is 25.5. The van der Waals surface area contributed by atoms with Gasteiger partial charge in [0.25, 0.3) is 0 Å². The molecule has 0 spiro atoms. The molecule has 0 rings (SSSR count).